The summed E-state index contributed by atoms with van der Waals surface area (Å²) in [4.78, 5) is 36.7. The number of hydrogen-bond acceptors (Lipinski definition) is 10. The van der Waals surface area contributed by atoms with Gasteiger partial charge < -0.3 is 26.4 Å². The van der Waals surface area contributed by atoms with Gasteiger partial charge in [-0.1, -0.05) is 37.4 Å². The highest BCUT2D eigenvalue weighted by atomic mass is 32.2. The summed E-state index contributed by atoms with van der Waals surface area (Å²) < 4.78 is 6.99. The van der Waals surface area contributed by atoms with E-state index in [1.165, 1.54) is 18.1 Å². The number of carbonyl (C=O) groups excluding carboxylic acids is 2. The predicted molar refractivity (Wildman–Crippen MR) is 113 cm³/mol. The molecule has 0 radical (unpaired) electrons. The lowest BCUT2D eigenvalue weighted by molar-refractivity contribution is -0.118. The van der Waals surface area contributed by atoms with Crippen LogP contribution in [0.1, 0.15) is 26.7 Å². The first kappa shape index (κ1) is 24.3. The number of aliphatic hydroxyl groups excluding tert-OH is 2. The Morgan fingerprint density at radius 2 is 1.80 bits per heavy atom. The number of imidazole rings is 1. The van der Waals surface area contributed by atoms with E-state index in [0.29, 0.717) is 34.2 Å². The maximum Gasteiger partial charge on any atom is 0.231 e. The van der Waals surface area contributed by atoms with E-state index >= 15 is 0 Å². The average Bonchev–Trinajstić information content (AvgIpc) is 3.12. The van der Waals surface area contributed by atoms with Crippen molar-refractivity contribution in [2.75, 3.05) is 13.2 Å². The van der Waals surface area contributed by atoms with Crippen molar-refractivity contribution in [3.8, 4) is 0 Å². The molecule has 0 aliphatic carbocycles. The molecule has 0 saturated heterocycles. The van der Waals surface area contributed by atoms with Gasteiger partial charge in [0.25, 0.3) is 0 Å². The first-order valence-electron chi connectivity index (χ1n) is 9.32. The van der Waals surface area contributed by atoms with Crippen LogP contribution in [0.3, 0.4) is 0 Å². The van der Waals surface area contributed by atoms with Crippen molar-refractivity contribution < 1.29 is 24.5 Å². The van der Waals surface area contributed by atoms with E-state index in [0.717, 1.165) is 11.8 Å². The summed E-state index contributed by atoms with van der Waals surface area (Å²) in [5.41, 5.74) is 11.8. The van der Waals surface area contributed by atoms with Crippen molar-refractivity contribution in [1.29, 1.82) is 0 Å². The topological polar surface area (TPSA) is 179 Å². The normalized spacial score (nSPS) is 14.5. The van der Waals surface area contributed by atoms with Crippen LogP contribution in [0.25, 0.3) is 11.2 Å². The largest absolute Gasteiger partial charge is 0.394 e. The number of amides is 2. The van der Waals surface area contributed by atoms with E-state index in [-0.39, 0.29) is 13.3 Å². The fourth-order valence-corrected chi connectivity index (χ4v) is 4.24. The molecule has 0 fully saturated rings. The summed E-state index contributed by atoms with van der Waals surface area (Å²) >= 11 is 2.32. The minimum absolute atomic E-state index is 0.0266. The van der Waals surface area contributed by atoms with Gasteiger partial charge in [-0.15, -0.1) is 0 Å². The Morgan fingerprint density at radius 3 is 2.37 bits per heavy atom. The van der Waals surface area contributed by atoms with Gasteiger partial charge in [-0.3, -0.25) is 14.2 Å². The third-order valence-electron chi connectivity index (χ3n) is 4.04. The van der Waals surface area contributed by atoms with Gasteiger partial charge in [0.05, 0.1) is 30.0 Å². The number of fused-ring (bicyclic) bond motifs is 1. The van der Waals surface area contributed by atoms with Crippen molar-refractivity contribution in [3.63, 3.8) is 0 Å². The number of rotatable bonds is 13. The summed E-state index contributed by atoms with van der Waals surface area (Å²) in [6, 6.07) is 0. The third kappa shape index (κ3) is 6.28. The zero-order valence-electron chi connectivity index (χ0n) is 16.7. The molecule has 30 heavy (non-hydrogen) atoms. The van der Waals surface area contributed by atoms with Crippen LogP contribution in [0, 0.1) is 0 Å². The predicted octanol–water partition coefficient (Wildman–Crippen LogP) is -0.134. The first-order valence-corrected chi connectivity index (χ1v) is 11.1. The molecule has 0 aliphatic rings. The molecule has 3 unspecified atom stereocenters. The maximum atomic E-state index is 11.7. The number of nitrogens with zero attached hydrogens (tertiary/aromatic N) is 4. The van der Waals surface area contributed by atoms with Gasteiger partial charge in [-0.2, -0.15) is 0 Å². The molecule has 0 saturated carbocycles. The van der Waals surface area contributed by atoms with Gasteiger partial charge in [-0.05, 0) is 12.8 Å². The molecule has 0 aromatic carbocycles. The van der Waals surface area contributed by atoms with E-state index in [1.807, 2.05) is 13.8 Å². The monoisotopic (exact) mass is 458 g/mol. The maximum absolute atomic E-state index is 11.7. The lowest BCUT2D eigenvalue weighted by Gasteiger charge is -2.14. The van der Waals surface area contributed by atoms with Gasteiger partial charge in [0.2, 0.25) is 11.8 Å². The molecule has 6 N–H and O–H groups in total. The molecule has 0 bridgehead atoms. The number of aromatic nitrogens is 4. The first-order chi connectivity index (χ1) is 14.3. The highest BCUT2D eigenvalue weighted by Gasteiger charge is 2.23. The van der Waals surface area contributed by atoms with Gasteiger partial charge in [-0.25, -0.2) is 15.0 Å². The average molecular weight is 459 g/mol. The van der Waals surface area contributed by atoms with Crippen molar-refractivity contribution >= 4 is 46.5 Å². The molecule has 2 aromatic heterocycles. The molecule has 2 rings (SSSR count). The number of primary amides is 2. The number of thioether (sulfide) groups is 2. The van der Waals surface area contributed by atoms with Crippen LogP contribution in [-0.4, -0.2) is 71.4 Å². The fraction of sp³-hybridized carbons (Fsp3) is 0.588. The SMILES string of the molecule is CCC(Sc1nc(SC(CC)C(N)=O)c2ncn(COCC(O)CO)c2n1)C(N)=O. The van der Waals surface area contributed by atoms with E-state index in [1.54, 1.807) is 4.57 Å². The van der Waals surface area contributed by atoms with Crippen LogP contribution >= 0.6 is 23.5 Å². The molecular formula is C17H26N6O5S2. The van der Waals surface area contributed by atoms with Gasteiger partial charge in [0.15, 0.2) is 10.8 Å². The highest BCUT2D eigenvalue weighted by Crippen LogP contribution is 2.32. The van der Waals surface area contributed by atoms with Crippen molar-refractivity contribution in [3.05, 3.63) is 6.33 Å². The van der Waals surface area contributed by atoms with E-state index in [9.17, 15) is 14.7 Å². The molecular weight excluding hydrogens is 432 g/mol. The number of hydrogen-bond donors (Lipinski definition) is 4. The Morgan fingerprint density at radius 1 is 1.17 bits per heavy atom. The molecule has 2 heterocycles. The Labute approximate surface area is 182 Å². The zero-order valence-corrected chi connectivity index (χ0v) is 18.4. The van der Waals surface area contributed by atoms with Gasteiger partial charge >= 0.3 is 0 Å². The zero-order chi connectivity index (χ0) is 22.3. The molecule has 166 valence electrons. The smallest absolute Gasteiger partial charge is 0.231 e. The van der Waals surface area contributed by atoms with Crippen LogP contribution in [0.15, 0.2) is 16.5 Å². The molecule has 13 heteroatoms. The highest BCUT2D eigenvalue weighted by molar-refractivity contribution is 8.01. The van der Waals surface area contributed by atoms with Crippen LogP contribution in [0.4, 0.5) is 0 Å². The molecule has 11 nitrogen and oxygen atoms in total. The summed E-state index contributed by atoms with van der Waals surface area (Å²) in [5.74, 6) is -0.938. The Bertz CT molecular complexity index is 880. The molecule has 2 amide bonds. The van der Waals surface area contributed by atoms with Crippen LogP contribution in [0.5, 0.6) is 0 Å². The van der Waals surface area contributed by atoms with Crippen molar-refractivity contribution in [2.45, 2.75) is 60.2 Å². The summed E-state index contributed by atoms with van der Waals surface area (Å²) in [6.07, 6.45) is 1.52. The second kappa shape index (κ2) is 11.5. The minimum Gasteiger partial charge on any atom is -0.394 e. The standard InChI is InChI=1S/C17H26N6O5S2/c1-3-10(13(18)26)29-16-12-15(21-17(22-16)30-11(4-2)14(19)27)23(7-20-12)8-28-6-9(25)5-24/h7,9-11,24-25H,3-6,8H2,1-2H3,(H2,18,26)(H2,19,27). The number of carbonyl (C=O) groups is 2. The molecule has 0 spiro atoms. The Kier molecular flexibility index (Phi) is 9.30. The van der Waals surface area contributed by atoms with Crippen molar-refractivity contribution in [2.24, 2.45) is 11.5 Å². The number of ether oxygens (including phenoxy) is 1. The van der Waals surface area contributed by atoms with Crippen LogP contribution < -0.4 is 11.5 Å². The van der Waals surface area contributed by atoms with Crippen molar-refractivity contribution in [1.82, 2.24) is 19.5 Å². The second-order valence-corrected chi connectivity index (χ2v) is 8.73. The summed E-state index contributed by atoms with van der Waals surface area (Å²) in [5, 5.41) is 18.1. The lowest BCUT2D eigenvalue weighted by atomic mass is 10.3. The van der Waals surface area contributed by atoms with E-state index in [2.05, 4.69) is 15.0 Å². The number of nitrogens with two attached hydrogens (primary N) is 2. The van der Waals surface area contributed by atoms with Gasteiger partial charge in [0, 0.05) is 0 Å². The van der Waals surface area contributed by atoms with Crippen LogP contribution in [-0.2, 0) is 21.1 Å². The minimum atomic E-state index is -0.992. The van der Waals surface area contributed by atoms with E-state index < -0.39 is 35.0 Å². The molecule has 2 aromatic rings. The van der Waals surface area contributed by atoms with Crippen LogP contribution in [0.2, 0.25) is 0 Å². The lowest BCUT2D eigenvalue weighted by Crippen LogP contribution is -2.25. The van der Waals surface area contributed by atoms with Gasteiger partial charge in [0.1, 0.15) is 23.4 Å². The summed E-state index contributed by atoms with van der Waals surface area (Å²) in [6.45, 7) is 3.23. The van der Waals surface area contributed by atoms with E-state index in [4.69, 9.17) is 21.3 Å². The quantitative estimate of drug-likeness (QED) is 0.179. The Balaban J connectivity index is 2.41. The fourth-order valence-electron chi connectivity index (χ4n) is 2.42. The number of aliphatic hydroxyl groups is 2. The third-order valence-corrected chi connectivity index (χ3v) is 6.64. The second-order valence-electron chi connectivity index (χ2n) is 6.37. The molecule has 3 atom stereocenters. The molecule has 0 aliphatic heterocycles. The Hall–Kier alpha value is -1.93. The summed E-state index contributed by atoms with van der Waals surface area (Å²) in [7, 11) is 0.